The van der Waals surface area contributed by atoms with Crippen molar-refractivity contribution in [3.63, 3.8) is 0 Å². The molecule has 7 heteroatoms. The lowest BCUT2D eigenvalue weighted by molar-refractivity contribution is 0.309. The van der Waals surface area contributed by atoms with Crippen molar-refractivity contribution in [2.45, 2.75) is 11.3 Å². The summed E-state index contributed by atoms with van der Waals surface area (Å²) in [5, 5.41) is 5.23. The standard InChI is InChI=1S/C20H17N3O2S2/c24-27(25,23-9-1-10-23)16-4-2-14(3-5-16)18-12-22-20-19(18)17(6-8-21-20)15-7-11-26-13-15/h2-8,11-13H,1,9-10H2,(H,21,22). The second-order valence-corrected chi connectivity index (χ2v) is 9.30. The van der Waals surface area contributed by atoms with E-state index < -0.39 is 10.0 Å². The maximum absolute atomic E-state index is 12.5. The monoisotopic (exact) mass is 395 g/mol. The van der Waals surface area contributed by atoms with Crippen LogP contribution in [0.3, 0.4) is 0 Å². The SMILES string of the molecule is O=S(=O)(c1ccc(-c2c[nH]c3nccc(-c4ccsc4)c23)cc1)N1CCC1. The molecule has 3 aromatic heterocycles. The molecule has 136 valence electrons. The molecular weight excluding hydrogens is 378 g/mol. The second-order valence-electron chi connectivity index (χ2n) is 6.58. The van der Waals surface area contributed by atoms with Gasteiger partial charge in [-0.15, -0.1) is 0 Å². The second kappa shape index (κ2) is 6.30. The number of nitrogens with zero attached hydrogens (tertiary/aromatic N) is 2. The van der Waals surface area contributed by atoms with Gasteiger partial charge in [0.25, 0.3) is 0 Å². The molecule has 0 radical (unpaired) electrons. The fraction of sp³-hybridized carbons (Fsp3) is 0.150. The first-order valence-electron chi connectivity index (χ1n) is 8.74. The van der Waals surface area contributed by atoms with E-state index in [1.807, 2.05) is 24.4 Å². The third-order valence-electron chi connectivity index (χ3n) is 5.02. The lowest BCUT2D eigenvalue weighted by atomic mass is 10.00. The number of nitrogens with one attached hydrogen (secondary N) is 1. The summed E-state index contributed by atoms with van der Waals surface area (Å²) in [7, 11) is -3.36. The molecule has 0 bridgehead atoms. The summed E-state index contributed by atoms with van der Waals surface area (Å²) in [6, 6.07) is 11.3. The fourth-order valence-electron chi connectivity index (χ4n) is 3.43. The van der Waals surface area contributed by atoms with Gasteiger partial charge in [-0.2, -0.15) is 15.6 Å². The Kier molecular flexibility index (Phi) is 3.89. The minimum atomic E-state index is -3.36. The predicted molar refractivity (Wildman–Crippen MR) is 108 cm³/mol. The number of aromatic amines is 1. The van der Waals surface area contributed by atoms with E-state index in [4.69, 9.17) is 0 Å². The van der Waals surface area contributed by atoms with Crippen LogP contribution in [-0.2, 0) is 10.0 Å². The lowest BCUT2D eigenvalue weighted by Crippen LogP contribution is -2.41. The van der Waals surface area contributed by atoms with Crippen LogP contribution in [0.5, 0.6) is 0 Å². The highest BCUT2D eigenvalue weighted by Crippen LogP contribution is 2.36. The molecule has 0 spiro atoms. The highest BCUT2D eigenvalue weighted by atomic mass is 32.2. The van der Waals surface area contributed by atoms with Crippen LogP contribution in [0.2, 0.25) is 0 Å². The van der Waals surface area contributed by atoms with Gasteiger partial charge in [0.1, 0.15) is 5.65 Å². The molecule has 4 aromatic rings. The van der Waals surface area contributed by atoms with Crippen molar-refractivity contribution in [3.8, 4) is 22.3 Å². The van der Waals surface area contributed by atoms with Crippen LogP contribution in [0.25, 0.3) is 33.3 Å². The molecule has 4 heterocycles. The summed E-state index contributed by atoms with van der Waals surface area (Å²) in [5.74, 6) is 0. The van der Waals surface area contributed by atoms with Crippen molar-refractivity contribution in [2.24, 2.45) is 0 Å². The number of benzene rings is 1. The van der Waals surface area contributed by atoms with Crippen molar-refractivity contribution in [2.75, 3.05) is 13.1 Å². The van der Waals surface area contributed by atoms with Crippen LogP contribution in [0.15, 0.2) is 64.4 Å². The van der Waals surface area contributed by atoms with E-state index in [9.17, 15) is 8.42 Å². The largest absolute Gasteiger partial charge is 0.345 e. The Morgan fingerprint density at radius 3 is 2.48 bits per heavy atom. The Labute approximate surface area is 161 Å². The topological polar surface area (TPSA) is 66.1 Å². The van der Waals surface area contributed by atoms with Crippen molar-refractivity contribution in [1.29, 1.82) is 0 Å². The van der Waals surface area contributed by atoms with Crippen molar-refractivity contribution >= 4 is 32.4 Å². The number of thiophene rings is 1. The van der Waals surface area contributed by atoms with Crippen LogP contribution >= 0.6 is 11.3 Å². The number of hydrogen-bond acceptors (Lipinski definition) is 4. The van der Waals surface area contributed by atoms with Gasteiger partial charge < -0.3 is 4.98 Å². The van der Waals surface area contributed by atoms with Gasteiger partial charge in [0.15, 0.2) is 0 Å². The quantitative estimate of drug-likeness (QED) is 0.559. The van der Waals surface area contributed by atoms with E-state index in [-0.39, 0.29) is 0 Å². The Hall–Kier alpha value is -2.48. The summed E-state index contributed by atoms with van der Waals surface area (Å²) < 4.78 is 26.6. The van der Waals surface area contributed by atoms with Gasteiger partial charge in [-0.3, -0.25) is 0 Å². The van der Waals surface area contributed by atoms with E-state index in [0.717, 1.165) is 39.7 Å². The van der Waals surface area contributed by atoms with E-state index in [1.54, 1.807) is 29.7 Å². The first-order chi connectivity index (χ1) is 13.1. The summed E-state index contributed by atoms with van der Waals surface area (Å²) in [6.45, 7) is 1.23. The van der Waals surface area contributed by atoms with Gasteiger partial charge in [0.2, 0.25) is 10.0 Å². The normalized spacial score (nSPS) is 15.1. The molecule has 1 aliphatic heterocycles. The van der Waals surface area contributed by atoms with Gasteiger partial charge in [-0.25, -0.2) is 13.4 Å². The minimum Gasteiger partial charge on any atom is -0.345 e. The molecule has 1 aliphatic rings. The number of hydrogen-bond donors (Lipinski definition) is 1. The highest BCUT2D eigenvalue weighted by Gasteiger charge is 2.29. The number of rotatable bonds is 4. The molecule has 1 N–H and O–H groups in total. The van der Waals surface area contributed by atoms with E-state index in [0.29, 0.717) is 18.0 Å². The zero-order valence-electron chi connectivity index (χ0n) is 14.4. The van der Waals surface area contributed by atoms with Gasteiger partial charge in [0.05, 0.1) is 4.90 Å². The first kappa shape index (κ1) is 16.7. The fourth-order valence-corrected chi connectivity index (χ4v) is 5.60. The first-order valence-corrected chi connectivity index (χ1v) is 11.1. The van der Waals surface area contributed by atoms with Crippen LogP contribution < -0.4 is 0 Å². The molecule has 0 atom stereocenters. The Morgan fingerprint density at radius 2 is 1.81 bits per heavy atom. The van der Waals surface area contributed by atoms with Gasteiger partial charge in [-0.05, 0) is 58.1 Å². The van der Waals surface area contributed by atoms with Gasteiger partial charge in [-0.1, -0.05) is 12.1 Å². The Balaban J connectivity index is 1.60. The average molecular weight is 396 g/mol. The van der Waals surface area contributed by atoms with Crippen LogP contribution in [0.4, 0.5) is 0 Å². The molecule has 1 fully saturated rings. The Bertz CT molecular complexity index is 1210. The van der Waals surface area contributed by atoms with Crippen LogP contribution in [0.1, 0.15) is 6.42 Å². The lowest BCUT2D eigenvalue weighted by Gasteiger charge is -2.29. The molecule has 0 saturated carbocycles. The molecule has 0 unspecified atom stereocenters. The van der Waals surface area contributed by atoms with E-state index in [1.165, 1.54) is 4.31 Å². The molecule has 1 aromatic carbocycles. The zero-order chi connectivity index (χ0) is 18.4. The van der Waals surface area contributed by atoms with Crippen LogP contribution in [0, 0.1) is 0 Å². The number of pyridine rings is 1. The summed E-state index contributed by atoms with van der Waals surface area (Å²) in [5.41, 5.74) is 5.09. The summed E-state index contributed by atoms with van der Waals surface area (Å²) in [6.07, 6.45) is 4.68. The number of sulfonamides is 1. The third-order valence-corrected chi connectivity index (χ3v) is 7.62. The number of aromatic nitrogens is 2. The Morgan fingerprint density at radius 1 is 1.00 bits per heavy atom. The van der Waals surface area contributed by atoms with E-state index in [2.05, 4.69) is 26.8 Å². The average Bonchev–Trinajstić information content (AvgIpc) is 3.29. The summed E-state index contributed by atoms with van der Waals surface area (Å²) in [4.78, 5) is 8.03. The zero-order valence-corrected chi connectivity index (χ0v) is 16.1. The van der Waals surface area contributed by atoms with Crippen LogP contribution in [-0.4, -0.2) is 35.8 Å². The predicted octanol–water partition coefficient (Wildman–Crippen LogP) is 4.35. The molecule has 5 nitrogen and oxygen atoms in total. The summed E-state index contributed by atoms with van der Waals surface area (Å²) >= 11 is 1.66. The smallest absolute Gasteiger partial charge is 0.243 e. The molecule has 0 aliphatic carbocycles. The van der Waals surface area contributed by atoms with Gasteiger partial charge >= 0.3 is 0 Å². The number of fused-ring (bicyclic) bond motifs is 1. The maximum atomic E-state index is 12.5. The van der Waals surface area contributed by atoms with Gasteiger partial charge in [0, 0.05) is 36.4 Å². The van der Waals surface area contributed by atoms with Crippen molar-refractivity contribution < 1.29 is 8.42 Å². The third kappa shape index (κ3) is 2.70. The molecule has 1 saturated heterocycles. The molecule has 5 rings (SSSR count). The molecule has 0 amide bonds. The van der Waals surface area contributed by atoms with Crippen molar-refractivity contribution in [3.05, 3.63) is 59.6 Å². The molecular formula is C20H17N3O2S2. The number of H-pyrrole nitrogens is 1. The molecule has 27 heavy (non-hydrogen) atoms. The minimum absolute atomic E-state index is 0.349. The maximum Gasteiger partial charge on any atom is 0.243 e. The highest BCUT2D eigenvalue weighted by molar-refractivity contribution is 7.89. The van der Waals surface area contributed by atoms with Crippen molar-refractivity contribution in [1.82, 2.24) is 14.3 Å². The van der Waals surface area contributed by atoms with E-state index >= 15 is 0 Å².